The number of esters is 1. The average Bonchev–Trinajstić information content (AvgIpc) is 3.09. The van der Waals surface area contributed by atoms with E-state index in [2.05, 4.69) is 67.4 Å². The average molecular weight is 686 g/mol. The predicted molar refractivity (Wildman–Crippen MR) is 216 cm³/mol. The number of carbonyl (C=O) groups is 1. The van der Waals surface area contributed by atoms with Crippen LogP contribution in [0.2, 0.25) is 0 Å². The summed E-state index contributed by atoms with van der Waals surface area (Å²) in [6.07, 6.45) is 52.9. The Labute approximate surface area is 306 Å². The molecule has 0 fully saturated rings. The molecule has 0 heterocycles. The van der Waals surface area contributed by atoms with Gasteiger partial charge in [-0.25, -0.2) is 0 Å². The van der Waals surface area contributed by atoms with Gasteiger partial charge in [0, 0.05) is 19.6 Å². The molecule has 4 heteroatoms. The summed E-state index contributed by atoms with van der Waals surface area (Å²) in [5, 5.41) is 0. The minimum absolute atomic E-state index is 0.0447. The van der Waals surface area contributed by atoms with Crippen LogP contribution in [0.25, 0.3) is 0 Å². The second-order valence-electron chi connectivity index (χ2n) is 14.4. The van der Waals surface area contributed by atoms with Gasteiger partial charge in [0.25, 0.3) is 0 Å². The molecular formula is C45H83NO3. The van der Waals surface area contributed by atoms with Gasteiger partial charge in [-0.05, 0) is 91.1 Å². The Hall–Kier alpha value is -1.65. The molecular weight excluding hydrogens is 602 g/mol. The third kappa shape index (κ3) is 40.7. The van der Waals surface area contributed by atoms with E-state index in [0.717, 1.165) is 45.3 Å². The number of unbranched alkanes of at least 4 members (excludes halogenated alkanes) is 21. The van der Waals surface area contributed by atoms with Crippen LogP contribution in [0.5, 0.6) is 0 Å². The summed E-state index contributed by atoms with van der Waals surface area (Å²) in [4.78, 5) is 14.5. The molecule has 0 bridgehead atoms. The van der Waals surface area contributed by atoms with Crippen LogP contribution < -0.4 is 0 Å². The molecule has 0 saturated carbocycles. The third-order valence-corrected chi connectivity index (χ3v) is 9.03. The lowest BCUT2D eigenvalue weighted by Crippen LogP contribution is -2.33. The minimum atomic E-state index is -0.0729. The summed E-state index contributed by atoms with van der Waals surface area (Å²) >= 11 is 0. The number of nitrogens with zero attached hydrogens (tertiary/aromatic N) is 1. The van der Waals surface area contributed by atoms with E-state index in [1.54, 1.807) is 0 Å². The first-order chi connectivity index (χ1) is 24.1. The van der Waals surface area contributed by atoms with Crippen molar-refractivity contribution in [3.8, 4) is 0 Å². The van der Waals surface area contributed by atoms with E-state index in [9.17, 15) is 4.79 Å². The van der Waals surface area contributed by atoms with Crippen molar-refractivity contribution in [3.63, 3.8) is 0 Å². The van der Waals surface area contributed by atoms with E-state index in [1.807, 2.05) is 14.1 Å². The van der Waals surface area contributed by atoms with Crippen LogP contribution in [0.15, 0.2) is 48.6 Å². The SMILES string of the molecule is CCCCC/C=C\C/C=C\CCCCCCCCCCOC(COC(=O)CCCCCCCCC/C=C\C/C=C\CCCCC)CN(C)C. The van der Waals surface area contributed by atoms with Crippen LogP contribution in [0.4, 0.5) is 0 Å². The molecule has 0 radical (unpaired) electrons. The largest absolute Gasteiger partial charge is 0.463 e. The fraction of sp³-hybridized carbons (Fsp3) is 0.800. The van der Waals surface area contributed by atoms with Crippen LogP contribution in [-0.4, -0.2) is 50.8 Å². The summed E-state index contributed by atoms with van der Waals surface area (Å²) in [6.45, 7) is 6.42. The van der Waals surface area contributed by atoms with Crippen molar-refractivity contribution in [3.05, 3.63) is 48.6 Å². The first-order valence-corrected chi connectivity index (χ1v) is 21.1. The zero-order valence-electron chi connectivity index (χ0n) is 33.3. The van der Waals surface area contributed by atoms with E-state index in [4.69, 9.17) is 9.47 Å². The lowest BCUT2D eigenvalue weighted by molar-refractivity contribution is -0.148. The van der Waals surface area contributed by atoms with Gasteiger partial charge >= 0.3 is 5.97 Å². The highest BCUT2D eigenvalue weighted by molar-refractivity contribution is 5.69. The quantitative estimate of drug-likeness (QED) is 0.0368. The number of ether oxygens (including phenoxy) is 2. The van der Waals surface area contributed by atoms with E-state index < -0.39 is 0 Å². The maximum absolute atomic E-state index is 12.3. The molecule has 0 saturated heterocycles. The van der Waals surface area contributed by atoms with E-state index in [-0.39, 0.29) is 12.1 Å². The van der Waals surface area contributed by atoms with Crippen LogP contribution >= 0.6 is 0 Å². The first-order valence-electron chi connectivity index (χ1n) is 21.1. The molecule has 4 nitrogen and oxygen atoms in total. The molecule has 286 valence electrons. The van der Waals surface area contributed by atoms with Gasteiger partial charge in [-0.15, -0.1) is 0 Å². The normalized spacial score (nSPS) is 12.9. The third-order valence-electron chi connectivity index (χ3n) is 9.03. The van der Waals surface area contributed by atoms with Crippen LogP contribution in [0.3, 0.4) is 0 Å². The maximum atomic E-state index is 12.3. The van der Waals surface area contributed by atoms with Crippen molar-refractivity contribution in [1.82, 2.24) is 4.90 Å². The number of likely N-dealkylation sites (N-methyl/N-ethyl adjacent to an activating group) is 1. The lowest BCUT2D eigenvalue weighted by atomic mass is 10.1. The first kappa shape index (κ1) is 47.4. The van der Waals surface area contributed by atoms with E-state index in [0.29, 0.717) is 13.0 Å². The number of hydrogen-bond donors (Lipinski definition) is 0. The molecule has 0 N–H and O–H groups in total. The summed E-state index contributed by atoms with van der Waals surface area (Å²) in [5.41, 5.74) is 0. The number of allylic oxidation sites excluding steroid dienone is 8. The number of carbonyl (C=O) groups excluding carboxylic acids is 1. The molecule has 0 aliphatic carbocycles. The maximum Gasteiger partial charge on any atom is 0.305 e. The molecule has 0 amide bonds. The summed E-state index contributed by atoms with van der Waals surface area (Å²) in [5.74, 6) is -0.0729. The van der Waals surface area contributed by atoms with Crippen molar-refractivity contribution in [2.45, 2.75) is 200 Å². The van der Waals surface area contributed by atoms with Crippen molar-refractivity contribution in [2.75, 3.05) is 33.9 Å². The Kier molecular flexibility index (Phi) is 39.4. The molecule has 0 rings (SSSR count). The molecule has 0 aromatic rings. The topological polar surface area (TPSA) is 38.8 Å². The smallest absolute Gasteiger partial charge is 0.305 e. The highest BCUT2D eigenvalue weighted by atomic mass is 16.6. The Morgan fingerprint density at radius 3 is 1.33 bits per heavy atom. The van der Waals surface area contributed by atoms with Crippen LogP contribution in [-0.2, 0) is 14.3 Å². The van der Waals surface area contributed by atoms with Crippen molar-refractivity contribution in [2.24, 2.45) is 0 Å². The van der Waals surface area contributed by atoms with Gasteiger partial charge in [0.15, 0.2) is 0 Å². The fourth-order valence-electron chi connectivity index (χ4n) is 5.95. The zero-order valence-corrected chi connectivity index (χ0v) is 33.3. The molecule has 0 aromatic heterocycles. The molecule has 1 unspecified atom stereocenters. The van der Waals surface area contributed by atoms with Gasteiger partial charge in [0.1, 0.15) is 12.7 Å². The minimum Gasteiger partial charge on any atom is -0.463 e. The summed E-state index contributed by atoms with van der Waals surface area (Å²) < 4.78 is 11.8. The second-order valence-corrected chi connectivity index (χ2v) is 14.4. The fourth-order valence-corrected chi connectivity index (χ4v) is 5.95. The van der Waals surface area contributed by atoms with Gasteiger partial charge in [0.05, 0.1) is 0 Å². The lowest BCUT2D eigenvalue weighted by Gasteiger charge is -2.21. The van der Waals surface area contributed by atoms with E-state index >= 15 is 0 Å². The van der Waals surface area contributed by atoms with Gasteiger partial charge < -0.3 is 14.4 Å². The molecule has 0 spiro atoms. The van der Waals surface area contributed by atoms with E-state index in [1.165, 1.54) is 141 Å². The monoisotopic (exact) mass is 686 g/mol. The highest BCUT2D eigenvalue weighted by Gasteiger charge is 2.14. The van der Waals surface area contributed by atoms with Gasteiger partial charge in [0.2, 0.25) is 0 Å². The Bertz CT molecular complexity index is 784. The number of hydrogen-bond acceptors (Lipinski definition) is 4. The van der Waals surface area contributed by atoms with Crippen molar-refractivity contribution >= 4 is 5.97 Å². The van der Waals surface area contributed by atoms with Gasteiger partial charge in [-0.3, -0.25) is 4.79 Å². The number of rotatable bonds is 38. The van der Waals surface area contributed by atoms with Crippen LogP contribution in [0, 0.1) is 0 Å². The highest BCUT2D eigenvalue weighted by Crippen LogP contribution is 2.13. The molecule has 0 aliphatic heterocycles. The summed E-state index contributed by atoms with van der Waals surface area (Å²) in [6, 6.07) is 0. The Morgan fingerprint density at radius 2 is 0.898 bits per heavy atom. The van der Waals surface area contributed by atoms with Crippen molar-refractivity contribution in [1.29, 1.82) is 0 Å². The zero-order chi connectivity index (χ0) is 35.7. The second kappa shape index (κ2) is 40.8. The van der Waals surface area contributed by atoms with Gasteiger partial charge in [-0.2, -0.15) is 0 Å². The van der Waals surface area contributed by atoms with Crippen molar-refractivity contribution < 1.29 is 14.3 Å². The summed E-state index contributed by atoms with van der Waals surface area (Å²) in [7, 11) is 4.10. The molecule has 0 aliphatic rings. The Morgan fingerprint density at radius 1 is 0.510 bits per heavy atom. The Balaban J connectivity index is 3.65. The van der Waals surface area contributed by atoms with Gasteiger partial charge in [-0.1, -0.05) is 159 Å². The standard InChI is InChI=1S/C45H83NO3/c1-5-7-9-11-13-15-17-19-21-23-25-27-29-31-33-35-37-39-41-48-44(42-46(3)4)43-49-45(47)40-38-36-34-32-30-28-26-24-22-20-18-16-14-12-10-8-6-2/h13-16,19-22,44H,5-12,17-18,23-43H2,1-4H3/b15-13-,16-14-,21-19-,22-20-. The molecule has 49 heavy (non-hydrogen) atoms. The molecule has 0 aromatic carbocycles. The van der Waals surface area contributed by atoms with Crippen LogP contribution in [0.1, 0.15) is 194 Å². The molecule has 1 atom stereocenters. The predicted octanol–water partition coefficient (Wildman–Crippen LogP) is 13.7.